The molecule has 3 aromatic rings. The van der Waals surface area contributed by atoms with Crippen LogP contribution < -0.4 is 4.74 Å². The Bertz CT molecular complexity index is 1160. The maximum Gasteiger partial charge on any atom is 0.336 e. The van der Waals surface area contributed by atoms with E-state index < -0.39 is 17.9 Å². The van der Waals surface area contributed by atoms with Crippen LogP contribution in [0.15, 0.2) is 36.4 Å². The summed E-state index contributed by atoms with van der Waals surface area (Å²) in [7, 11) is 0. The highest BCUT2D eigenvalue weighted by Gasteiger charge is 2.28. The first-order valence-electron chi connectivity index (χ1n) is 9.62. The molecule has 0 spiro atoms. The van der Waals surface area contributed by atoms with E-state index in [9.17, 15) is 19.8 Å². The van der Waals surface area contributed by atoms with E-state index in [2.05, 4.69) is 9.97 Å². The lowest BCUT2D eigenvalue weighted by atomic mass is 9.96. The number of H-pyrrole nitrogens is 1. The van der Waals surface area contributed by atoms with E-state index in [-0.39, 0.29) is 33.8 Å². The number of aromatic amines is 1. The minimum atomic E-state index is -1.13. The van der Waals surface area contributed by atoms with Gasteiger partial charge in [0.05, 0.1) is 16.3 Å². The lowest BCUT2D eigenvalue weighted by Gasteiger charge is -2.15. The highest BCUT2D eigenvalue weighted by molar-refractivity contribution is 6.32. The Balaban J connectivity index is 1.85. The van der Waals surface area contributed by atoms with Crippen molar-refractivity contribution in [3.8, 4) is 5.75 Å². The second-order valence-corrected chi connectivity index (χ2v) is 8.20. The molecule has 1 aromatic heterocycles. The Morgan fingerprint density at radius 2 is 1.88 bits per heavy atom. The largest absolute Gasteiger partial charge is 0.487 e. The molecule has 0 aliphatic rings. The van der Waals surface area contributed by atoms with Crippen LogP contribution in [-0.2, 0) is 17.8 Å². The monoisotopic (exact) mass is 496 g/mol. The second kappa shape index (κ2) is 10.3. The number of aliphatic carboxylic acids is 1. The van der Waals surface area contributed by atoms with Gasteiger partial charge in [-0.25, -0.2) is 9.78 Å². The Labute approximate surface area is 198 Å². The van der Waals surface area contributed by atoms with Crippen LogP contribution in [-0.4, -0.2) is 32.1 Å². The standard InChI is InChI=1S/C22H19Cl3N2O5/c1-2-3-17-26-19(20(25)27-17)18(22(30)31)11-5-7-16(15(24)8-11)32-10-12-4-6-13(23)9-14(12)21(28)29/h4-9,18H,2-3,10H2,1H3,(H,26,27)(H,28,29)(H,30,31). The molecule has 10 heteroatoms. The molecular weight excluding hydrogens is 479 g/mol. The van der Waals surface area contributed by atoms with Gasteiger partial charge in [0.1, 0.15) is 24.1 Å². The Hall–Kier alpha value is -2.74. The van der Waals surface area contributed by atoms with Gasteiger partial charge in [-0.15, -0.1) is 0 Å². The van der Waals surface area contributed by atoms with Gasteiger partial charge in [0, 0.05) is 17.0 Å². The van der Waals surface area contributed by atoms with Gasteiger partial charge in [-0.2, -0.15) is 0 Å². The number of aromatic carboxylic acids is 1. The molecule has 0 aliphatic heterocycles. The molecule has 0 aliphatic carbocycles. The molecule has 32 heavy (non-hydrogen) atoms. The summed E-state index contributed by atoms with van der Waals surface area (Å²) in [5.41, 5.74) is 1.10. The Kier molecular flexibility index (Phi) is 7.66. The van der Waals surface area contributed by atoms with Gasteiger partial charge in [0.2, 0.25) is 0 Å². The number of benzene rings is 2. The van der Waals surface area contributed by atoms with E-state index >= 15 is 0 Å². The van der Waals surface area contributed by atoms with Gasteiger partial charge < -0.3 is 19.9 Å². The van der Waals surface area contributed by atoms with Crippen LogP contribution in [0.5, 0.6) is 5.75 Å². The second-order valence-electron chi connectivity index (χ2n) is 6.99. The van der Waals surface area contributed by atoms with Crippen LogP contribution in [0.4, 0.5) is 0 Å². The summed E-state index contributed by atoms with van der Waals surface area (Å²) in [6.45, 7) is 1.92. The third kappa shape index (κ3) is 5.35. The van der Waals surface area contributed by atoms with Crippen molar-refractivity contribution in [1.29, 1.82) is 0 Å². The van der Waals surface area contributed by atoms with E-state index in [0.717, 1.165) is 6.42 Å². The van der Waals surface area contributed by atoms with E-state index in [1.54, 1.807) is 18.2 Å². The number of carbonyl (C=O) groups is 2. The van der Waals surface area contributed by atoms with Gasteiger partial charge in [0.25, 0.3) is 0 Å². The van der Waals surface area contributed by atoms with Crippen LogP contribution in [0.3, 0.4) is 0 Å². The summed E-state index contributed by atoms with van der Waals surface area (Å²) in [5.74, 6) is -2.46. The lowest BCUT2D eigenvalue weighted by molar-refractivity contribution is -0.137. The molecule has 1 heterocycles. The minimum absolute atomic E-state index is 0.0213. The summed E-state index contributed by atoms with van der Waals surface area (Å²) in [5, 5.41) is 19.7. The van der Waals surface area contributed by atoms with Gasteiger partial charge in [-0.1, -0.05) is 53.9 Å². The fourth-order valence-electron chi connectivity index (χ4n) is 3.24. The molecule has 0 amide bonds. The SMILES string of the molecule is CCCc1nc(Cl)c(C(C(=O)O)c2ccc(OCc3ccc(Cl)cc3C(=O)O)c(Cl)c2)[nH]1. The summed E-state index contributed by atoms with van der Waals surface area (Å²) in [4.78, 5) is 30.6. The van der Waals surface area contributed by atoms with Gasteiger partial charge in [0.15, 0.2) is 5.15 Å². The number of rotatable bonds is 9. The van der Waals surface area contributed by atoms with Crippen molar-refractivity contribution in [3.05, 3.63) is 79.8 Å². The molecule has 0 bridgehead atoms. The van der Waals surface area contributed by atoms with Crippen LogP contribution in [0.25, 0.3) is 0 Å². The average molecular weight is 498 g/mol. The Morgan fingerprint density at radius 3 is 2.50 bits per heavy atom. The number of hydrogen-bond donors (Lipinski definition) is 3. The first kappa shape index (κ1) is 23.9. The number of aromatic nitrogens is 2. The number of carboxylic acids is 2. The number of halogens is 3. The van der Waals surface area contributed by atoms with Crippen molar-refractivity contribution in [2.45, 2.75) is 32.3 Å². The lowest BCUT2D eigenvalue weighted by Crippen LogP contribution is -2.14. The first-order chi connectivity index (χ1) is 15.2. The number of nitrogens with one attached hydrogen (secondary N) is 1. The topological polar surface area (TPSA) is 113 Å². The van der Waals surface area contributed by atoms with Gasteiger partial charge in [-0.05, 0) is 36.2 Å². The third-order valence-corrected chi connectivity index (χ3v) is 5.55. The molecule has 0 fully saturated rings. The summed E-state index contributed by atoms with van der Waals surface area (Å²) >= 11 is 18.4. The maximum absolute atomic E-state index is 12.0. The fourth-order valence-corrected chi connectivity index (χ4v) is 3.91. The van der Waals surface area contributed by atoms with Crippen molar-refractivity contribution in [2.24, 2.45) is 0 Å². The quantitative estimate of drug-likeness (QED) is 0.343. The summed E-state index contributed by atoms with van der Waals surface area (Å²) in [6, 6.07) is 9.04. The summed E-state index contributed by atoms with van der Waals surface area (Å²) in [6.07, 6.45) is 1.47. The van der Waals surface area contributed by atoms with Crippen LogP contribution in [0, 0.1) is 0 Å². The molecule has 2 aromatic carbocycles. The Morgan fingerprint density at radius 1 is 1.12 bits per heavy atom. The van der Waals surface area contributed by atoms with Crippen LogP contribution >= 0.6 is 34.8 Å². The minimum Gasteiger partial charge on any atom is -0.487 e. The molecule has 0 saturated heterocycles. The van der Waals surface area contributed by atoms with E-state index in [1.165, 1.54) is 18.2 Å². The zero-order valence-electron chi connectivity index (χ0n) is 16.9. The molecule has 7 nitrogen and oxygen atoms in total. The molecule has 1 unspecified atom stereocenters. The van der Waals surface area contributed by atoms with E-state index in [0.29, 0.717) is 28.4 Å². The highest BCUT2D eigenvalue weighted by Crippen LogP contribution is 2.34. The molecule has 0 saturated carbocycles. The van der Waals surface area contributed by atoms with Gasteiger partial charge in [-0.3, -0.25) is 4.79 Å². The van der Waals surface area contributed by atoms with Crippen molar-refractivity contribution < 1.29 is 24.5 Å². The predicted molar refractivity (Wildman–Crippen MR) is 121 cm³/mol. The fraction of sp³-hybridized carbons (Fsp3) is 0.227. The normalized spacial score (nSPS) is 11.9. The summed E-state index contributed by atoms with van der Waals surface area (Å²) < 4.78 is 5.68. The number of ether oxygens (including phenoxy) is 1. The van der Waals surface area contributed by atoms with Gasteiger partial charge >= 0.3 is 11.9 Å². The molecule has 3 rings (SSSR count). The number of carboxylic acid groups (broad SMARTS) is 2. The molecule has 0 radical (unpaired) electrons. The molecule has 3 N–H and O–H groups in total. The zero-order chi connectivity index (χ0) is 23.4. The number of nitrogens with zero attached hydrogens (tertiary/aromatic N) is 1. The van der Waals surface area contributed by atoms with E-state index in [4.69, 9.17) is 39.5 Å². The highest BCUT2D eigenvalue weighted by atomic mass is 35.5. The molecule has 1 atom stereocenters. The van der Waals surface area contributed by atoms with Crippen molar-refractivity contribution >= 4 is 46.7 Å². The smallest absolute Gasteiger partial charge is 0.336 e. The van der Waals surface area contributed by atoms with Crippen LogP contribution in [0.2, 0.25) is 15.2 Å². The average Bonchev–Trinajstić information content (AvgIpc) is 3.08. The van der Waals surface area contributed by atoms with E-state index in [1.807, 2.05) is 6.92 Å². The predicted octanol–water partition coefficient (Wildman–Crippen LogP) is 5.82. The first-order valence-corrected chi connectivity index (χ1v) is 10.8. The number of imidazole rings is 1. The van der Waals surface area contributed by atoms with Crippen molar-refractivity contribution in [2.75, 3.05) is 0 Å². The van der Waals surface area contributed by atoms with Crippen molar-refractivity contribution in [3.63, 3.8) is 0 Å². The number of aryl methyl sites for hydroxylation is 1. The molecule has 168 valence electrons. The van der Waals surface area contributed by atoms with Crippen molar-refractivity contribution in [1.82, 2.24) is 9.97 Å². The zero-order valence-corrected chi connectivity index (χ0v) is 19.1. The molecular formula is C22H19Cl3N2O5. The number of hydrogen-bond acceptors (Lipinski definition) is 4. The van der Waals surface area contributed by atoms with Crippen LogP contribution in [0.1, 0.15) is 52.3 Å². The maximum atomic E-state index is 12.0. The third-order valence-electron chi connectivity index (χ3n) is 4.73.